The first kappa shape index (κ1) is 15.4. The van der Waals surface area contributed by atoms with Crippen LogP contribution in [0.15, 0.2) is 48.5 Å². The molecule has 0 saturated heterocycles. The Labute approximate surface area is 126 Å². The Morgan fingerprint density at radius 3 is 2.23 bits per heavy atom. The first-order chi connectivity index (χ1) is 10.5. The molecule has 22 heavy (non-hydrogen) atoms. The van der Waals surface area contributed by atoms with Gasteiger partial charge in [-0.05, 0) is 18.2 Å². The fraction of sp³-hybridized carbons (Fsp3) is 0.125. The van der Waals surface area contributed by atoms with Gasteiger partial charge in [-0.25, -0.2) is 9.59 Å². The third-order valence-electron chi connectivity index (χ3n) is 2.98. The maximum atomic E-state index is 11.4. The van der Waals surface area contributed by atoms with Crippen molar-refractivity contribution in [2.75, 3.05) is 7.11 Å². The summed E-state index contributed by atoms with van der Waals surface area (Å²) in [6.07, 6.45) is -1.22. The van der Waals surface area contributed by atoms with Gasteiger partial charge in [0.1, 0.15) is 0 Å². The second-order valence-electron chi connectivity index (χ2n) is 4.42. The zero-order valence-corrected chi connectivity index (χ0v) is 11.7. The van der Waals surface area contributed by atoms with Crippen molar-refractivity contribution in [3.8, 4) is 11.5 Å². The molecule has 2 aromatic carbocycles. The zero-order valence-electron chi connectivity index (χ0n) is 11.7. The van der Waals surface area contributed by atoms with Crippen LogP contribution in [0.1, 0.15) is 22.0 Å². The summed E-state index contributed by atoms with van der Waals surface area (Å²) in [7, 11) is 1.35. The number of carboxylic acid groups (broad SMARTS) is 2. The number of carboxylic acids is 2. The summed E-state index contributed by atoms with van der Waals surface area (Å²) in [6.45, 7) is 0. The molecule has 2 N–H and O–H groups in total. The van der Waals surface area contributed by atoms with Crippen LogP contribution >= 0.6 is 0 Å². The number of aliphatic carboxylic acids is 1. The van der Waals surface area contributed by atoms with E-state index in [1.165, 1.54) is 25.3 Å². The van der Waals surface area contributed by atoms with Gasteiger partial charge >= 0.3 is 11.9 Å². The van der Waals surface area contributed by atoms with E-state index in [-0.39, 0.29) is 17.1 Å². The SMILES string of the molecule is COc1cc(C(=O)O)ccc1OC(C(=O)O)c1ccccc1. The highest BCUT2D eigenvalue weighted by Gasteiger charge is 2.23. The Balaban J connectivity index is 2.35. The van der Waals surface area contributed by atoms with E-state index in [4.69, 9.17) is 14.6 Å². The molecule has 0 aliphatic rings. The topological polar surface area (TPSA) is 93.1 Å². The molecule has 0 spiro atoms. The molecule has 0 bridgehead atoms. The van der Waals surface area contributed by atoms with Crippen LogP contribution < -0.4 is 9.47 Å². The summed E-state index contributed by atoms with van der Waals surface area (Å²) in [5.74, 6) is -1.95. The van der Waals surface area contributed by atoms with Gasteiger partial charge in [-0.3, -0.25) is 0 Å². The largest absolute Gasteiger partial charge is 0.493 e. The first-order valence-electron chi connectivity index (χ1n) is 6.38. The normalized spacial score (nSPS) is 11.5. The average Bonchev–Trinajstić information content (AvgIpc) is 2.52. The van der Waals surface area contributed by atoms with Crippen molar-refractivity contribution >= 4 is 11.9 Å². The third kappa shape index (κ3) is 3.35. The van der Waals surface area contributed by atoms with Crippen LogP contribution in [0.25, 0.3) is 0 Å². The van der Waals surface area contributed by atoms with Gasteiger partial charge in [-0.15, -0.1) is 0 Å². The molecule has 2 rings (SSSR count). The maximum absolute atomic E-state index is 11.4. The van der Waals surface area contributed by atoms with E-state index in [0.717, 1.165) is 0 Å². The molecule has 0 heterocycles. The van der Waals surface area contributed by atoms with E-state index in [0.29, 0.717) is 5.56 Å². The maximum Gasteiger partial charge on any atom is 0.349 e. The highest BCUT2D eigenvalue weighted by atomic mass is 16.5. The monoisotopic (exact) mass is 302 g/mol. The number of carbonyl (C=O) groups is 2. The Hall–Kier alpha value is -3.02. The van der Waals surface area contributed by atoms with Crippen LogP contribution in [-0.4, -0.2) is 29.3 Å². The smallest absolute Gasteiger partial charge is 0.349 e. The lowest BCUT2D eigenvalue weighted by atomic mass is 10.1. The molecular weight excluding hydrogens is 288 g/mol. The predicted molar refractivity (Wildman–Crippen MR) is 77.4 cm³/mol. The van der Waals surface area contributed by atoms with Crippen molar-refractivity contribution in [2.45, 2.75) is 6.10 Å². The fourth-order valence-corrected chi connectivity index (χ4v) is 1.91. The molecule has 0 aliphatic carbocycles. The molecule has 0 radical (unpaired) electrons. The Morgan fingerprint density at radius 2 is 1.68 bits per heavy atom. The lowest BCUT2D eigenvalue weighted by molar-refractivity contribution is -0.145. The first-order valence-corrected chi connectivity index (χ1v) is 6.38. The quantitative estimate of drug-likeness (QED) is 0.852. The highest BCUT2D eigenvalue weighted by molar-refractivity contribution is 5.88. The van der Waals surface area contributed by atoms with Gasteiger partial charge in [0.2, 0.25) is 6.10 Å². The van der Waals surface area contributed by atoms with E-state index >= 15 is 0 Å². The second-order valence-corrected chi connectivity index (χ2v) is 4.42. The Kier molecular flexibility index (Phi) is 4.63. The van der Waals surface area contributed by atoms with Crippen molar-refractivity contribution in [3.63, 3.8) is 0 Å². The number of hydrogen-bond donors (Lipinski definition) is 2. The van der Waals surface area contributed by atoms with Crippen molar-refractivity contribution in [1.29, 1.82) is 0 Å². The van der Waals surface area contributed by atoms with Gasteiger partial charge in [-0.2, -0.15) is 0 Å². The molecule has 0 aliphatic heterocycles. The predicted octanol–water partition coefficient (Wildman–Crippen LogP) is 2.60. The molecule has 6 nitrogen and oxygen atoms in total. The minimum absolute atomic E-state index is 0.0239. The number of methoxy groups -OCH3 is 1. The fourth-order valence-electron chi connectivity index (χ4n) is 1.91. The molecule has 0 aromatic heterocycles. The summed E-state index contributed by atoms with van der Waals surface area (Å²) in [5, 5.41) is 18.3. The summed E-state index contributed by atoms with van der Waals surface area (Å²) in [4.78, 5) is 22.4. The Morgan fingerprint density at radius 1 is 1.00 bits per heavy atom. The standard InChI is InChI=1S/C16H14O6/c1-21-13-9-11(15(17)18)7-8-12(13)22-14(16(19)20)10-5-3-2-4-6-10/h2-9,14H,1H3,(H,17,18)(H,19,20). The molecular formula is C16H14O6. The van der Waals surface area contributed by atoms with Crippen molar-refractivity contribution in [2.24, 2.45) is 0 Å². The molecule has 0 fully saturated rings. The third-order valence-corrected chi connectivity index (χ3v) is 2.98. The summed E-state index contributed by atoms with van der Waals surface area (Å²) in [6, 6.07) is 12.4. The molecule has 6 heteroatoms. The number of rotatable bonds is 6. The van der Waals surface area contributed by atoms with Gasteiger partial charge in [0.05, 0.1) is 12.7 Å². The Bertz CT molecular complexity index is 680. The van der Waals surface area contributed by atoms with E-state index < -0.39 is 18.0 Å². The average molecular weight is 302 g/mol. The van der Waals surface area contributed by atoms with Crippen molar-refractivity contribution < 1.29 is 29.3 Å². The van der Waals surface area contributed by atoms with Crippen LogP contribution in [0, 0.1) is 0 Å². The zero-order chi connectivity index (χ0) is 16.1. The number of ether oxygens (including phenoxy) is 2. The van der Waals surface area contributed by atoms with Crippen LogP contribution in [0.5, 0.6) is 11.5 Å². The number of hydrogen-bond acceptors (Lipinski definition) is 4. The molecule has 1 atom stereocenters. The minimum atomic E-state index is -1.22. The van der Waals surface area contributed by atoms with Gasteiger partial charge in [-0.1, -0.05) is 30.3 Å². The van der Waals surface area contributed by atoms with Gasteiger partial charge in [0.25, 0.3) is 0 Å². The van der Waals surface area contributed by atoms with E-state index in [9.17, 15) is 14.7 Å². The number of benzene rings is 2. The van der Waals surface area contributed by atoms with Crippen LogP contribution in [0.2, 0.25) is 0 Å². The van der Waals surface area contributed by atoms with Gasteiger partial charge in [0.15, 0.2) is 11.5 Å². The van der Waals surface area contributed by atoms with E-state index in [2.05, 4.69) is 0 Å². The molecule has 0 amide bonds. The van der Waals surface area contributed by atoms with Crippen molar-refractivity contribution in [1.82, 2.24) is 0 Å². The van der Waals surface area contributed by atoms with Gasteiger partial charge < -0.3 is 19.7 Å². The van der Waals surface area contributed by atoms with Gasteiger partial charge in [0, 0.05) is 5.56 Å². The second kappa shape index (κ2) is 6.62. The van der Waals surface area contributed by atoms with Crippen LogP contribution in [0.4, 0.5) is 0 Å². The van der Waals surface area contributed by atoms with Crippen molar-refractivity contribution in [3.05, 3.63) is 59.7 Å². The summed E-state index contributed by atoms with van der Waals surface area (Å²) < 4.78 is 10.6. The number of aromatic carboxylic acids is 1. The lowest BCUT2D eigenvalue weighted by Gasteiger charge is -2.17. The van der Waals surface area contributed by atoms with Crippen LogP contribution in [0.3, 0.4) is 0 Å². The van der Waals surface area contributed by atoms with E-state index in [1.54, 1.807) is 30.3 Å². The lowest BCUT2D eigenvalue weighted by Crippen LogP contribution is -2.18. The summed E-state index contributed by atoms with van der Waals surface area (Å²) in [5.41, 5.74) is 0.496. The molecule has 2 aromatic rings. The summed E-state index contributed by atoms with van der Waals surface area (Å²) >= 11 is 0. The molecule has 0 saturated carbocycles. The van der Waals surface area contributed by atoms with E-state index in [1.807, 2.05) is 0 Å². The highest BCUT2D eigenvalue weighted by Crippen LogP contribution is 2.32. The minimum Gasteiger partial charge on any atom is -0.493 e. The molecule has 114 valence electrons. The van der Waals surface area contributed by atoms with Crippen LogP contribution in [-0.2, 0) is 4.79 Å². The molecule has 1 unspecified atom stereocenters.